The Morgan fingerprint density at radius 3 is 1.50 bits per heavy atom. The molecule has 0 aliphatic heterocycles. The zero-order chi connectivity index (χ0) is 12.8. The molecule has 0 atom stereocenters. The van der Waals surface area contributed by atoms with Crippen molar-refractivity contribution in [1.29, 1.82) is 0 Å². The lowest BCUT2D eigenvalue weighted by Gasteiger charge is -1.90. The van der Waals surface area contributed by atoms with Gasteiger partial charge in [0.15, 0.2) is 0 Å². The topological polar surface area (TPSA) is 12.9 Å². The van der Waals surface area contributed by atoms with E-state index in [9.17, 15) is 0 Å². The number of nitrogens with zero attached hydrogens (tertiary/aromatic N) is 1. The van der Waals surface area contributed by atoms with Crippen LogP contribution in [0, 0.1) is 23.7 Å². The van der Waals surface area contributed by atoms with Crippen LogP contribution in [-0.2, 0) is 0 Å². The van der Waals surface area contributed by atoms with Crippen molar-refractivity contribution in [3.63, 3.8) is 0 Å². The summed E-state index contributed by atoms with van der Waals surface area (Å²) >= 11 is 0. The highest BCUT2D eigenvalue weighted by Crippen LogP contribution is 1.98. The second kappa shape index (κ2) is 13.3. The molecule has 0 radical (unpaired) electrons. The smallest absolute Gasteiger partial charge is 0.0441 e. The van der Waals surface area contributed by atoms with Gasteiger partial charge < -0.3 is 0 Å². The van der Waals surface area contributed by atoms with Crippen LogP contribution >= 0.6 is 0 Å². The molecular formula is C15H21N. The largest absolute Gasteiger partial charge is 0.262 e. The van der Waals surface area contributed by atoms with Gasteiger partial charge in [-0.05, 0) is 19.9 Å². The molecule has 0 saturated heterocycles. The van der Waals surface area contributed by atoms with E-state index in [1.807, 2.05) is 33.8 Å². The van der Waals surface area contributed by atoms with E-state index in [2.05, 4.69) is 28.7 Å². The van der Waals surface area contributed by atoms with E-state index in [0.717, 1.165) is 11.1 Å². The second-order valence-electron chi connectivity index (χ2n) is 2.21. The standard InChI is InChI=1S/C11H9N.2C2H6/c1-3-5-10-7-11(6-4-2)9-12-8-10;2*1-2/h7-9H,1-2H3;2*1-2H3. The minimum atomic E-state index is 0.915. The molecule has 1 rings (SSSR count). The Kier molecular flexibility index (Phi) is 13.8. The van der Waals surface area contributed by atoms with Crippen LogP contribution in [-0.4, -0.2) is 4.98 Å². The number of hydrogen-bond donors (Lipinski definition) is 0. The van der Waals surface area contributed by atoms with Crippen molar-refractivity contribution in [2.75, 3.05) is 0 Å². The minimum absolute atomic E-state index is 0.915. The first-order valence-electron chi connectivity index (χ1n) is 5.67. The van der Waals surface area contributed by atoms with Crippen LogP contribution in [0.25, 0.3) is 0 Å². The second-order valence-corrected chi connectivity index (χ2v) is 2.21. The van der Waals surface area contributed by atoms with Gasteiger partial charge in [0.05, 0.1) is 0 Å². The third kappa shape index (κ3) is 7.65. The van der Waals surface area contributed by atoms with Crippen molar-refractivity contribution >= 4 is 0 Å². The van der Waals surface area contributed by atoms with Gasteiger partial charge in [0.2, 0.25) is 0 Å². The predicted octanol–water partition coefficient (Wildman–Crippen LogP) is 3.88. The molecule has 1 aromatic heterocycles. The molecule has 0 aliphatic carbocycles. The summed E-state index contributed by atoms with van der Waals surface area (Å²) in [7, 11) is 0. The monoisotopic (exact) mass is 215 g/mol. The van der Waals surface area contributed by atoms with Gasteiger partial charge in [0.1, 0.15) is 0 Å². The molecule has 1 heterocycles. The Labute approximate surface area is 100 Å². The zero-order valence-corrected chi connectivity index (χ0v) is 11.2. The first-order valence-corrected chi connectivity index (χ1v) is 5.67. The van der Waals surface area contributed by atoms with Crippen LogP contribution in [0.3, 0.4) is 0 Å². The summed E-state index contributed by atoms with van der Waals surface area (Å²) in [5.74, 6) is 11.5. The maximum absolute atomic E-state index is 4.02. The maximum atomic E-state index is 4.02. The summed E-state index contributed by atoms with van der Waals surface area (Å²) in [5.41, 5.74) is 1.83. The van der Waals surface area contributed by atoms with Gasteiger partial charge in [0, 0.05) is 23.5 Å². The van der Waals surface area contributed by atoms with Crippen LogP contribution in [0.2, 0.25) is 0 Å². The summed E-state index contributed by atoms with van der Waals surface area (Å²) in [5, 5.41) is 0. The average Bonchev–Trinajstić information content (AvgIpc) is 2.36. The fourth-order valence-corrected chi connectivity index (χ4v) is 0.865. The third-order valence-electron chi connectivity index (χ3n) is 1.28. The van der Waals surface area contributed by atoms with Gasteiger partial charge in [-0.15, -0.1) is 11.8 Å². The van der Waals surface area contributed by atoms with E-state index in [1.165, 1.54) is 0 Å². The zero-order valence-electron chi connectivity index (χ0n) is 11.2. The first kappa shape index (κ1) is 16.7. The molecule has 0 amide bonds. The molecule has 0 N–H and O–H groups in total. The Bertz CT molecular complexity index is 348. The van der Waals surface area contributed by atoms with Gasteiger partial charge in [-0.2, -0.15) is 0 Å². The minimum Gasteiger partial charge on any atom is -0.262 e. The Morgan fingerprint density at radius 2 is 1.19 bits per heavy atom. The third-order valence-corrected chi connectivity index (χ3v) is 1.28. The lowest BCUT2D eigenvalue weighted by Crippen LogP contribution is -1.81. The quantitative estimate of drug-likeness (QED) is 0.598. The van der Waals surface area contributed by atoms with E-state index in [-0.39, 0.29) is 0 Å². The Morgan fingerprint density at radius 1 is 0.812 bits per heavy atom. The molecule has 1 nitrogen and oxygen atoms in total. The fraction of sp³-hybridized carbons (Fsp3) is 0.400. The highest BCUT2D eigenvalue weighted by molar-refractivity contribution is 5.40. The molecule has 0 aromatic carbocycles. The number of aromatic nitrogens is 1. The number of hydrogen-bond acceptors (Lipinski definition) is 1. The summed E-state index contributed by atoms with van der Waals surface area (Å²) in [4.78, 5) is 4.02. The molecule has 16 heavy (non-hydrogen) atoms. The van der Waals surface area contributed by atoms with E-state index in [1.54, 1.807) is 26.2 Å². The summed E-state index contributed by atoms with van der Waals surface area (Å²) in [6, 6.07) is 1.93. The van der Waals surface area contributed by atoms with Crippen molar-refractivity contribution < 1.29 is 0 Å². The molecule has 1 heteroatoms. The molecular weight excluding hydrogens is 194 g/mol. The first-order chi connectivity index (χ1) is 7.86. The molecule has 86 valence electrons. The normalized spacial score (nSPS) is 6.38. The summed E-state index contributed by atoms with van der Waals surface area (Å²) < 4.78 is 0. The Balaban J connectivity index is 0. The van der Waals surface area contributed by atoms with Gasteiger partial charge in [-0.3, -0.25) is 4.98 Å². The van der Waals surface area contributed by atoms with Crippen LogP contribution in [0.15, 0.2) is 18.5 Å². The van der Waals surface area contributed by atoms with E-state index in [4.69, 9.17) is 0 Å². The summed E-state index contributed by atoms with van der Waals surface area (Å²) in [6.45, 7) is 11.6. The van der Waals surface area contributed by atoms with Crippen LogP contribution < -0.4 is 0 Å². The van der Waals surface area contributed by atoms with E-state index < -0.39 is 0 Å². The van der Waals surface area contributed by atoms with Crippen LogP contribution in [0.4, 0.5) is 0 Å². The number of rotatable bonds is 0. The van der Waals surface area contributed by atoms with Crippen molar-refractivity contribution in [2.45, 2.75) is 41.5 Å². The van der Waals surface area contributed by atoms with Gasteiger partial charge in [-0.25, -0.2) is 0 Å². The van der Waals surface area contributed by atoms with E-state index in [0.29, 0.717) is 0 Å². The van der Waals surface area contributed by atoms with Crippen LogP contribution in [0.1, 0.15) is 52.7 Å². The van der Waals surface area contributed by atoms with Crippen molar-refractivity contribution in [2.24, 2.45) is 0 Å². The van der Waals surface area contributed by atoms with E-state index >= 15 is 0 Å². The van der Waals surface area contributed by atoms with Gasteiger partial charge in [-0.1, -0.05) is 39.5 Å². The highest BCUT2D eigenvalue weighted by Gasteiger charge is 1.88. The van der Waals surface area contributed by atoms with Gasteiger partial charge in [0.25, 0.3) is 0 Å². The summed E-state index contributed by atoms with van der Waals surface area (Å²) in [6.07, 6.45) is 3.47. The molecule has 0 aliphatic rings. The molecule has 0 unspecified atom stereocenters. The molecule has 0 bridgehead atoms. The fourth-order valence-electron chi connectivity index (χ4n) is 0.865. The number of pyridine rings is 1. The molecule has 1 aromatic rings. The molecule has 0 fully saturated rings. The lowest BCUT2D eigenvalue weighted by molar-refractivity contribution is 1.30. The van der Waals surface area contributed by atoms with Crippen LogP contribution in [0.5, 0.6) is 0 Å². The van der Waals surface area contributed by atoms with Crippen molar-refractivity contribution in [1.82, 2.24) is 4.98 Å². The predicted molar refractivity (Wildman–Crippen MR) is 72.0 cm³/mol. The highest BCUT2D eigenvalue weighted by atomic mass is 14.6. The Hall–Kier alpha value is -1.73. The van der Waals surface area contributed by atoms with Gasteiger partial charge >= 0.3 is 0 Å². The SMILES string of the molecule is CC.CC.CC#Cc1cncc(C#CC)c1. The molecule has 0 saturated carbocycles. The molecule has 0 spiro atoms. The maximum Gasteiger partial charge on any atom is 0.0441 e. The van der Waals surface area contributed by atoms with Crippen molar-refractivity contribution in [3.8, 4) is 23.7 Å². The lowest BCUT2D eigenvalue weighted by atomic mass is 10.2. The van der Waals surface area contributed by atoms with Crippen molar-refractivity contribution in [3.05, 3.63) is 29.6 Å². The average molecular weight is 215 g/mol.